The monoisotopic (exact) mass is 367 g/mol. The normalized spacial score (nSPS) is 12.1. The van der Waals surface area contributed by atoms with E-state index in [2.05, 4.69) is 15.9 Å². The summed E-state index contributed by atoms with van der Waals surface area (Å²) in [6.45, 7) is 2.56. The van der Waals surface area contributed by atoms with Crippen LogP contribution in [0.2, 0.25) is 0 Å². The zero-order valence-electron chi connectivity index (χ0n) is 11.0. The molecule has 8 heteroatoms. The van der Waals surface area contributed by atoms with Gasteiger partial charge in [-0.1, -0.05) is 6.07 Å². The minimum atomic E-state index is -3.83. The Morgan fingerprint density at radius 3 is 2.50 bits per heavy atom. The second kappa shape index (κ2) is 6.64. The highest BCUT2D eigenvalue weighted by Crippen LogP contribution is 2.19. The third kappa shape index (κ3) is 4.53. The van der Waals surface area contributed by atoms with Gasteiger partial charge in [0.15, 0.2) is 0 Å². The maximum Gasteiger partial charge on any atom is 0.318 e. The summed E-state index contributed by atoms with van der Waals surface area (Å²) in [6, 6.07) is 3.51. The van der Waals surface area contributed by atoms with Gasteiger partial charge in [0.1, 0.15) is 12.4 Å². The number of hydrogen-bond donors (Lipinski definition) is 1. The number of nitrogens with zero attached hydrogens (tertiary/aromatic N) is 1. The molecule has 0 aliphatic carbocycles. The molecule has 1 N–H and O–H groups in total. The van der Waals surface area contributed by atoms with Crippen molar-refractivity contribution in [3.8, 4) is 0 Å². The molecule has 0 heterocycles. The SMILES string of the molecule is CC(C)N(CC(=O)O)S(=O)(=O)Cc1ccc(Br)c(F)c1. The number of carboxylic acid groups (broad SMARTS) is 1. The highest BCUT2D eigenvalue weighted by atomic mass is 79.9. The molecule has 1 rings (SSSR count). The van der Waals surface area contributed by atoms with Gasteiger partial charge in [-0.3, -0.25) is 4.79 Å². The van der Waals surface area contributed by atoms with E-state index in [4.69, 9.17) is 5.11 Å². The smallest absolute Gasteiger partial charge is 0.318 e. The number of halogens is 2. The molecular weight excluding hydrogens is 353 g/mol. The summed E-state index contributed by atoms with van der Waals surface area (Å²) >= 11 is 2.98. The van der Waals surface area contributed by atoms with E-state index in [0.717, 1.165) is 10.4 Å². The van der Waals surface area contributed by atoms with Gasteiger partial charge in [0.25, 0.3) is 0 Å². The number of carbonyl (C=O) groups is 1. The third-order valence-corrected chi connectivity index (χ3v) is 5.16. The van der Waals surface area contributed by atoms with Crippen LogP contribution in [0, 0.1) is 5.82 Å². The van der Waals surface area contributed by atoms with Crippen LogP contribution in [0.25, 0.3) is 0 Å². The lowest BCUT2D eigenvalue weighted by Crippen LogP contribution is -2.41. The van der Waals surface area contributed by atoms with E-state index < -0.39 is 40.1 Å². The van der Waals surface area contributed by atoms with Crippen molar-refractivity contribution in [3.63, 3.8) is 0 Å². The van der Waals surface area contributed by atoms with Crippen molar-refractivity contribution in [1.82, 2.24) is 4.31 Å². The summed E-state index contributed by atoms with van der Waals surface area (Å²) in [6.07, 6.45) is 0. The molecule has 1 aromatic carbocycles. The van der Waals surface area contributed by atoms with Crippen LogP contribution in [-0.4, -0.2) is 36.4 Å². The lowest BCUT2D eigenvalue weighted by molar-refractivity contribution is -0.137. The fraction of sp³-hybridized carbons (Fsp3) is 0.417. The molecule has 0 aliphatic rings. The van der Waals surface area contributed by atoms with Crippen LogP contribution < -0.4 is 0 Å². The molecule has 0 aromatic heterocycles. The minimum absolute atomic E-state index is 0.241. The molecule has 0 saturated carbocycles. The summed E-state index contributed by atoms with van der Waals surface area (Å²) in [5.74, 6) is -2.24. The van der Waals surface area contributed by atoms with Crippen LogP contribution >= 0.6 is 15.9 Å². The summed E-state index contributed by atoms with van der Waals surface area (Å²) in [4.78, 5) is 10.7. The van der Waals surface area contributed by atoms with Crippen LogP contribution in [0.5, 0.6) is 0 Å². The molecule has 5 nitrogen and oxygen atoms in total. The molecule has 0 atom stereocenters. The molecule has 0 spiro atoms. The Bertz CT molecular complexity index is 603. The van der Waals surface area contributed by atoms with E-state index >= 15 is 0 Å². The molecular formula is C12H15BrFNO4S. The van der Waals surface area contributed by atoms with E-state index in [9.17, 15) is 17.6 Å². The predicted molar refractivity (Wildman–Crippen MR) is 76.2 cm³/mol. The summed E-state index contributed by atoms with van der Waals surface area (Å²) in [7, 11) is -3.83. The van der Waals surface area contributed by atoms with Crippen molar-refractivity contribution in [1.29, 1.82) is 0 Å². The van der Waals surface area contributed by atoms with Gasteiger partial charge in [-0.15, -0.1) is 0 Å². The van der Waals surface area contributed by atoms with E-state index in [1.165, 1.54) is 12.1 Å². The van der Waals surface area contributed by atoms with Gasteiger partial charge in [-0.05, 0) is 47.5 Å². The predicted octanol–water partition coefficient (Wildman–Crippen LogP) is 2.21. The average Bonchev–Trinajstić information content (AvgIpc) is 2.30. The standard InChI is InChI=1S/C12H15BrFNO4S/c1-8(2)15(6-12(16)17)20(18,19)7-9-3-4-10(13)11(14)5-9/h3-5,8H,6-7H2,1-2H3,(H,16,17). The molecule has 0 unspecified atom stereocenters. The lowest BCUT2D eigenvalue weighted by Gasteiger charge is -2.24. The Balaban J connectivity index is 3.02. The quantitative estimate of drug-likeness (QED) is 0.836. The van der Waals surface area contributed by atoms with Crippen LogP contribution in [0.3, 0.4) is 0 Å². The van der Waals surface area contributed by atoms with E-state index in [-0.39, 0.29) is 10.0 Å². The largest absolute Gasteiger partial charge is 0.480 e. The number of aliphatic carboxylic acids is 1. The Morgan fingerprint density at radius 1 is 1.45 bits per heavy atom. The van der Waals surface area contributed by atoms with Crippen molar-refractivity contribution in [2.24, 2.45) is 0 Å². The molecule has 20 heavy (non-hydrogen) atoms. The second-order valence-corrected chi connectivity index (χ2v) is 7.31. The molecule has 1 aromatic rings. The van der Waals surface area contributed by atoms with Gasteiger partial charge >= 0.3 is 5.97 Å². The van der Waals surface area contributed by atoms with Gasteiger partial charge in [-0.2, -0.15) is 4.31 Å². The molecule has 0 saturated heterocycles. The Hall–Kier alpha value is -0.990. The maximum absolute atomic E-state index is 13.4. The number of carboxylic acids is 1. The summed E-state index contributed by atoms with van der Waals surface area (Å²) in [5.41, 5.74) is 0.265. The van der Waals surface area contributed by atoms with E-state index in [1.807, 2.05) is 0 Å². The number of sulfonamides is 1. The third-order valence-electron chi connectivity index (χ3n) is 2.56. The molecule has 0 bridgehead atoms. The van der Waals surface area contributed by atoms with Gasteiger partial charge in [0.2, 0.25) is 10.0 Å². The number of rotatable bonds is 6. The molecule has 0 fully saturated rings. The first-order chi connectivity index (χ1) is 9.13. The fourth-order valence-corrected chi connectivity index (χ4v) is 3.62. The maximum atomic E-state index is 13.4. The van der Waals surface area contributed by atoms with E-state index in [0.29, 0.717) is 0 Å². The zero-order valence-corrected chi connectivity index (χ0v) is 13.4. The van der Waals surface area contributed by atoms with Gasteiger partial charge < -0.3 is 5.11 Å². The second-order valence-electron chi connectivity index (χ2n) is 4.54. The van der Waals surface area contributed by atoms with Crippen molar-refractivity contribution in [2.75, 3.05) is 6.54 Å². The van der Waals surface area contributed by atoms with Crippen LogP contribution in [0.1, 0.15) is 19.4 Å². The van der Waals surface area contributed by atoms with Crippen LogP contribution in [0.4, 0.5) is 4.39 Å². The molecule has 112 valence electrons. The summed E-state index contributed by atoms with van der Waals surface area (Å²) in [5, 5.41) is 8.77. The minimum Gasteiger partial charge on any atom is -0.480 e. The van der Waals surface area contributed by atoms with Crippen molar-refractivity contribution < 1.29 is 22.7 Å². The van der Waals surface area contributed by atoms with E-state index in [1.54, 1.807) is 13.8 Å². The number of hydrogen-bond acceptors (Lipinski definition) is 3. The summed E-state index contributed by atoms with van der Waals surface area (Å²) < 4.78 is 38.9. The highest BCUT2D eigenvalue weighted by molar-refractivity contribution is 9.10. The molecule has 0 aliphatic heterocycles. The zero-order chi connectivity index (χ0) is 15.5. The van der Waals surface area contributed by atoms with Crippen molar-refractivity contribution in [2.45, 2.75) is 25.6 Å². The van der Waals surface area contributed by atoms with Gasteiger partial charge in [0, 0.05) is 6.04 Å². The van der Waals surface area contributed by atoms with Crippen molar-refractivity contribution in [3.05, 3.63) is 34.1 Å². The average molecular weight is 368 g/mol. The highest BCUT2D eigenvalue weighted by Gasteiger charge is 2.27. The molecule has 0 radical (unpaired) electrons. The van der Waals surface area contributed by atoms with Gasteiger partial charge in [0.05, 0.1) is 10.2 Å². The Morgan fingerprint density at radius 2 is 2.05 bits per heavy atom. The van der Waals surface area contributed by atoms with Crippen molar-refractivity contribution >= 4 is 31.9 Å². The van der Waals surface area contributed by atoms with Crippen LogP contribution in [-0.2, 0) is 20.6 Å². The number of benzene rings is 1. The Kier molecular flexibility index (Phi) is 5.67. The van der Waals surface area contributed by atoms with Gasteiger partial charge in [-0.25, -0.2) is 12.8 Å². The Labute approximate surface area is 125 Å². The first kappa shape index (κ1) is 17.1. The van der Waals surface area contributed by atoms with Crippen LogP contribution in [0.15, 0.2) is 22.7 Å². The molecule has 0 amide bonds. The first-order valence-corrected chi connectivity index (χ1v) is 8.19. The first-order valence-electron chi connectivity index (χ1n) is 5.78. The topological polar surface area (TPSA) is 74.7 Å². The fourth-order valence-electron chi connectivity index (χ4n) is 1.66. The lowest BCUT2D eigenvalue weighted by atomic mass is 10.2.